The zero-order valence-electron chi connectivity index (χ0n) is 10.7. The Morgan fingerprint density at radius 1 is 1.32 bits per heavy atom. The number of rotatable bonds is 7. The predicted octanol–water partition coefficient (Wildman–Crippen LogP) is 1.74. The van der Waals surface area contributed by atoms with Crippen molar-refractivity contribution in [3.05, 3.63) is 41.3 Å². The minimum Gasteiger partial charge on any atom is -0.396 e. The first-order valence-corrected chi connectivity index (χ1v) is 8.02. The van der Waals surface area contributed by atoms with E-state index in [2.05, 4.69) is 4.72 Å². The average molecular weight is 281 g/mol. The minimum absolute atomic E-state index is 0.00604. The molecule has 4 nitrogen and oxygen atoms in total. The number of benzene rings is 1. The van der Waals surface area contributed by atoms with E-state index in [0.717, 1.165) is 18.4 Å². The van der Waals surface area contributed by atoms with E-state index < -0.39 is 10.0 Å². The van der Waals surface area contributed by atoms with Gasteiger partial charge in [0, 0.05) is 18.1 Å². The highest BCUT2D eigenvalue weighted by molar-refractivity contribution is 7.92. The van der Waals surface area contributed by atoms with Gasteiger partial charge < -0.3 is 5.11 Å². The van der Waals surface area contributed by atoms with Crippen LogP contribution >= 0.6 is 0 Å². The van der Waals surface area contributed by atoms with Crippen molar-refractivity contribution in [3.63, 3.8) is 0 Å². The highest BCUT2D eigenvalue weighted by Crippen LogP contribution is 2.34. The monoisotopic (exact) mass is 281 g/mol. The quantitative estimate of drug-likeness (QED) is 0.800. The van der Waals surface area contributed by atoms with Crippen molar-refractivity contribution in [1.29, 1.82) is 0 Å². The Bertz CT molecular complexity index is 521. The van der Waals surface area contributed by atoms with Crippen LogP contribution in [-0.2, 0) is 10.0 Å². The van der Waals surface area contributed by atoms with E-state index in [9.17, 15) is 8.42 Å². The molecule has 19 heavy (non-hydrogen) atoms. The van der Waals surface area contributed by atoms with E-state index in [0.29, 0.717) is 12.3 Å². The lowest BCUT2D eigenvalue weighted by atomic mass is 10.1. The van der Waals surface area contributed by atoms with E-state index in [1.807, 2.05) is 30.3 Å². The molecular formula is C14H19NO3S. The number of sulfonamides is 1. The predicted molar refractivity (Wildman–Crippen MR) is 75.7 cm³/mol. The Morgan fingerprint density at radius 2 is 2.00 bits per heavy atom. The zero-order chi connectivity index (χ0) is 13.7. The first-order valence-electron chi connectivity index (χ1n) is 6.47. The third-order valence-corrected chi connectivity index (χ3v) is 4.31. The van der Waals surface area contributed by atoms with Gasteiger partial charge in [-0.15, -0.1) is 0 Å². The molecule has 1 aromatic rings. The van der Waals surface area contributed by atoms with Crippen LogP contribution in [0.5, 0.6) is 0 Å². The van der Waals surface area contributed by atoms with Gasteiger partial charge in [-0.2, -0.15) is 0 Å². The summed E-state index contributed by atoms with van der Waals surface area (Å²) in [6, 6.07) is 9.15. The van der Waals surface area contributed by atoms with Crippen molar-refractivity contribution in [1.82, 2.24) is 4.72 Å². The minimum atomic E-state index is -3.45. The Kier molecular flexibility index (Phi) is 4.74. The molecule has 0 spiro atoms. The van der Waals surface area contributed by atoms with Crippen LogP contribution in [0.2, 0.25) is 0 Å². The molecule has 0 heterocycles. The second-order valence-corrected chi connectivity index (χ2v) is 6.43. The Labute approximate surface area is 114 Å². The Morgan fingerprint density at radius 3 is 2.58 bits per heavy atom. The molecule has 5 heteroatoms. The molecule has 1 fully saturated rings. The summed E-state index contributed by atoms with van der Waals surface area (Å²) < 4.78 is 26.5. The van der Waals surface area contributed by atoms with E-state index in [4.69, 9.17) is 5.11 Å². The molecule has 1 aliphatic carbocycles. The lowest BCUT2D eigenvalue weighted by Gasteiger charge is -2.15. The molecule has 0 amide bonds. The standard InChI is InChI=1S/C14H19NO3S/c16-10-8-14(13-6-7-13)15-19(17,18)11-9-12-4-2-1-3-5-12/h1-5,9,11,13-16H,6-8,10H2/b11-9+. The summed E-state index contributed by atoms with van der Waals surface area (Å²) in [5.74, 6) is 0.382. The first kappa shape index (κ1) is 14.2. The van der Waals surface area contributed by atoms with Crippen LogP contribution in [0.3, 0.4) is 0 Å². The van der Waals surface area contributed by atoms with Crippen LogP contribution in [0.15, 0.2) is 35.7 Å². The van der Waals surface area contributed by atoms with Gasteiger partial charge in [-0.25, -0.2) is 13.1 Å². The summed E-state index contributed by atoms with van der Waals surface area (Å²) in [4.78, 5) is 0. The van der Waals surface area contributed by atoms with Gasteiger partial charge in [-0.3, -0.25) is 0 Å². The van der Waals surface area contributed by atoms with Gasteiger partial charge in [0.2, 0.25) is 10.0 Å². The van der Waals surface area contributed by atoms with Gasteiger partial charge >= 0.3 is 0 Å². The summed E-state index contributed by atoms with van der Waals surface area (Å²) in [5, 5.41) is 10.2. The van der Waals surface area contributed by atoms with Crippen molar-refractivity contribution in [3.8, 4) is 0 Å². The lowest BCUT2D eigenvalue weighted by molar-refractivity contribution is 0.265. The van der Waals surface area contributed by atoms with Crippen LogP contribution in [0.1, 0.15) is 24.8 Å². The van der Waals surface area contributed by atoms with Crippen molar-refractivity contribution in [2.75, 3.05) is 6.61 Å². The summed E-state index contributed by atoms with van der Waals surface area (Å²) in [7, 11) is -3.45. The van der Waals surface area contributed by atoms with Gasteiger partial charge in [-0.05, 0) is 36.8 Å². The van der Waals surface area contributed by atoms with E-state index in [1.165, 1.54) is 5.41 Å². The van der Waals surface area contributed by atoms with Gasteiger partial charge in [0.1, 0.15) is 0 Å². The number of aliphatic hydroxyl groups excluding tert-OH is 1. The number of aliphatic hydroxyl groups is 1. The van der Waals surface area contributed by atoms with Crippen LogP contribution < -0.4 is 4.72 Å². The van der Waals surface area contributed by atoms with Crippen LogP contribution in [0.25, 0.3) is 6.08 Å². The molecule has 1 unspecified atom stereocenters. The Balaban J connectivity index is 1.99. The molecule has 104 valence electrons. The number of nitrogens with one attached hydrogen (secondary N) is 1. The van der Waals surface area contributed by atoms with Crippen molar-refractivity contribution < 1.29 is 13.5 Å². The van der Waals surface area contributed by atoms with Crippen molar-refractivity contribution in [2.24, 2.45) is 5.92 Å². The van der Waals surface area contributed by atoms with Crippen molar-refractivity contribution in [2.45, 2.75) is 25.3 Å². The third kappa shape index (κ3) is 4.78. The molecule has 0 radical (unpaired) electrons. The van der Waals surface area contributed by atoms with Gasteiger partial charge in [0.05, 0.1) is 0 Å². The van der Waals surface area contributed by atoms with E-state index in [1.54, 1.807) is 6.08 Å². The average Bonchev–Trinajstić information content (AvgIpc) is 3.21. The van der Waals surface area contributed by atoms with Crippen LogP contribution in [0.4, 0.5) is 0 Å². The van der Waals surface area contributed by atoms with Crippen LogP contribution in [-0.4, -0.2) is 26.2 Å². The van der Waals surface area contributed by atoms with E-state index >= 15 is 0 Å². The molecule has 0 saturated heterocycles. The molecule has 2 N–H and O–H groups in total. The Hall–Kier alpha value is -1.17. The molecule has 1 saturated carbocycles. The highest BCUT2D eigenvalue weighted by atomic mass is 32.2. The lowest BCUT2D eigenvalue weighted by Crippen LogP contribution is -2.35. The van der Waals surface area contributed by atoms with E-state index in [-0.39, 0.29) is 12.6 Å². The third-order valence-electron chi connectivity index (χ3n) is 3.19. The fraction of sp³-hybridized carbons (Fsp3) is 0.429. The molecule has 1 aromatic carbocycles. The largest absolute Gasteiger partial charge is 0.396 e. The van der Waals surface area contributed by atoms with Crippen molar-refractivity contribution >= 4 is 16.1 Å². The topological polar surface area (TPSA) is 66.4 Å². The normalized spacial score (nSPS) is 17.7. The molecule has 1 aliphatic rings. The fourth-order valence-corrected chi connectivity index (χ4v) is 3.16. The molecule has 0 aliphatic heterocycles. The summed E-state index contributed by atoms with van der Waals surface area (Å²) in [5.41, 5.74) is 0.845. The summed E-state index contributed by atoms with van der Waals surface area (Å²) >= 11 is 0. The summed E-state index contributed by atoms with van der Waals surface area (Å²) in [6.45, 7) is 0.00604. The second kappa shape index (κ2) is 6.32. The van der Waals surface area contributed by atoms with Crippen LogP contribution in [0, 0.1) is 5.92 Å². The number of hydrogen-bond acceptors (Lipinski definition) is 3. The second-order valence-electron chi connectivity index (χ2n) is 4.83. The fourth-order valence-electron chi connectivity index (χ4n) is 2.01. The first-order chi connectivity index (χ1) is 9.11. The smallest absolute Gasteiger partial charge is 0.233 e. The molecular weight excluding hydrogens is 262 g/mol. The maximum atomic E-state index is 11.9. The van der Waals surface area contributed by atoms with Gasteiger partial charge in [-0.1, -0.05) is 30.3 Å². The molecule has 2 rings (SSSR count). The maximum Gasteiger partial charge on any atom is 0.233 e. The van der Waals surface area contributed by atoms with Gasteiger partial charge in [0.25, 0.3) is 0 Å². The maximum absolute atomic E-state index is 11.9. The SMILES string of the molecule is O=S(=O)(/C=C/c1ccccc1)NC(CCO)C1CC1. The highest BCUT2D eigenvalue weighted by Gasteiger charge is 2.32. The summed E-state index contributed by atoms with van der Waals surface area (Å²) in [6.07, 6.45) is 4.12. The zero-order valence-corrected chi connectivity index (χ0v) is 11.5. The van der Waals surface area contributed by atoms with Gasteiger partial charge in [0.15, 0.2) is 0 Å². The molecule has 1 atom stereocenters. The molecule has 0 bridgehead atoms. The number of hydrogen-bond donors (Lipinski definition) is 2. The molecule has 0 aromatic heterocycles.